The fourth-order valence-corrected chi connectivity index (χ4v) is 4.26. The first-order chi connectivity index (χ1) is 12.4. The molecule has 27 heavy (non-hydrogen) atoms. The molecule has 2 rings (SSSR count). The quantitative estimate of drug-likeness (QED) is 0.478. The molecule has 2 N–H and O–H groups in total. The predicted octanol–water partition coefficient (Wildman–Crippen LogP) is 5.91. The number of aromatic hydroxyl groups is 2. The van der Waals surface area contributed by atoms with E-state index < -0.39 is 5.41 Å². The Kier molecular flexibility index (Phi) is 6.18. The zero-order chi connectivity index (χ0) is 20.5. The third-order valence-electron chi connectivity index (χ3n) is 6.34. The number of ether oxygens (including phenoxy) is 1. The normalized spacial score (nSPS) is 18.3. The minimum atomic E-state index is -0.630. The number of carbonyl (C=O) groups excluding carboxylic acids is 1. The molecule has 1 aliphatic carbocycles. The highest BCUT2D eigenvalue weighted by atomic mass is 16.6. The van der Waals surface area contributed by atoms with Crippen LogP contribution in [0.25, 0.3) is 0 Å². The van der Waals surface area contributed by atoms with E-state index in [1.165, 1.54) is 6.07 Å². The largest absolute Gasteiger partial charge is 0.504 e. The van der Waals surface area contributed by atoms with Crippen LogP contribution < -0.4 is 0 Å². The van der Waals surface area contributed by atoms with E-state index in [-0.39, 0.29) is 34.4 Å². The van der Waals surface area contributed by atoms with Crippen molar-refractivity contribution in [1.29, 1.82) is 0 Å². The number of hydrogen-bond acceptors (Lipinski definition) is 4. The van der Waals surface area contributed by atoms with Crippen molar-refractivity contribution in [3.05, 3.63) is 23.8 Å². The Balaban J connectivity index is 2.18. The molecular weight excluding hydrogens is 340 g/mol. The summed E-state index contributed by atoms with van der Waals surface area (Å²) in [6.45, 7) is 12.4. The fraction of sp³-hybridized carbons (Fsp3) is 0.696. The second kappa shape index (κ2) is 7.73. The lowest BCUT2D eigenvalue weighted by atomic mass is 9.74. The Morgan fingerprint density at radius 2 is 1.70 bits per heavy atom. The van der Waals surface area contributed by atoms with Crippen molar-refractivity contribution in [2.24, 2.45) is 10.8 Å². The molecule has 0 saturated heterocycles. The smallest absolute Gasteiger partial charge is 0.312 e. The van der Waals surface area contributed by atoms with Crippen molar-refractivity contribution in [3.8, 4) is 11.5 Å². The monoisotopic (exact) mass is 376 g/mol. The lowest BCUT2D eigenvalue weighted by Crippen LogP contribution is -2.47. The summed E-state index contributed by atoms with van der Waals surface area (Å²) in [6, 6.07) is 4.92. The van der Waals surface area contributed by atoms with Crippen molar-refractivity contribution in [1.82, 2.24) is 0 Å². The van der Waals surface area contributed by atoms with Gasteiger partial charge in [-0.05, 0) is 76.0 Å². The first-order valence-corrected chi connectivity index (χ1v) is 10.2. The van der Waals surface area contributed by atoms with Crippen LogP contribution >= 0.6 is 0 Å². The Morgan fingerprint density at radius 1 is 1.11 bits per heavy atom. The molecule has 1 aromatic carbocycles. The third-order valence-corrected chi connectivity index (χ3v) is 6.34. The van der Waals surface area contributed by atoms with E-state index in [9.17, 15) is 15.0 Å². The summed E-state index contributed by atoms with van der Waals surface area (Å²) in [7, 11) is 0. The van der Waals surface area contributed by atoms with Crippen LogP contribution in [0.15, 0.2) is 18.2 Å². The topological polar surface area (TPSA) is 66.8 Å². The zero-order valence-corrected chi connectivity index (χ0v) is 17.8. The van der Waals surface area contributed by atoms with Crippen LogP contribution in [-0.2, 0) is 9.53 Å². The highest BCUT2D eigenvalue weighted by Gasteiger charge is 2.49. The van der Waals surface area contributed by atoms with Crippen LogP contribution in [0.2, 0.25) is 0 Å². The number of phenols is 2. The summed E-state index contributed by atoms with van der Waals surface area (Å²) >= 11 is 0. The van der Waals surface area contributed by atoms with E-state index in [4.69, 9.17) is 4.74 Å². The van der Waals surface area contributed by atoms with Crippen LogP contribution in [-0.4, -0.2) is 21.8 Å². The zero-order valence-electron chi connectivity index (χ0n) is 17.8. The van der Waals surface area contributed by atoms with Gasteiger partial charge in [-0.25, -0.2) is 0 Å². The molecule has 1 fully saturated rings. The second-order valence-corrected chi connectivity index (χ2v) is 9.78. The van der Waals surface area contributed by atoms with E-state index >= 15 is 0 Å². The van der Waals surface area contributed by atoms with Crippen molar-refractivity contribution >= 4 is 5.97 Å². The molecule has 1 unspecified atom stereocenters. The van der Waals surface area contributed by atoms with E-state index in [1.807, 2.05) is 19.9 Å². The van der Waals surface area contributed by atoms with Crippen LogP contribution in [0.1, 0.15) is 91.5 Å². The summed E-state index contributed by atoms with van der Waals surface area (Å²) in [5.74, 6) is -0.279. The summed E-state index contributed by atoms with van der Waals surface area (Å²) in [6.07, 6.45) is 5.55. The number of esters is 1. The third kappa shape index (κ3) is 4.59. The van der Waals surface area contributed by atoms with Crippen molar-refractivity contribution in [3.63, 3.8) is 0 Å². The van der Waals surface area contributed by atoms with Crippen LogP contribution in [0.5, 0.6) is 11.5 Å². The minimum Gasteiger partial charge on any atom is -0.504 e. The standard InChI is InChI=1S/C23H36O4/c1-7-16(17-10-11-18(24)19(25)14-17)15-22(5,6)20(26)27-23(21(2,3)4)12-8-9-13-23/h10-11,14,16,24-25H,7-9,12-13,15H2,1-6H3. The van der Waals surface area contributed by atoms with E-state index in [1.54, 1.807) is 6.07 Å². The van der Waals surface area contributed by atoms with Gasteiger partial charge in [0.1, 0.15) is 5.60 Å². The van der Waals surface area contributed by atoms with Gasteiger partial charge in [-0.2, -0.15) is 0 Å². The first kappa shape index (κ1) is 21.6. The van der Waals surface area contributed by atoms with Gasteiger partial charge in [-0.1, -0.05) is 33.8 Å². The number of phenolic OH excluding ortho intramolecular Hbond substituents is 2. The molecule has 4 nitrogen and oxygen atoms in total. The van der Waals surface area contributed by atoms with Crippen molar-refractivity contribution in [2.45, 2.75) is 91.6 Å². The van der Waals surface area contributed by atoms with E-state index in [0.717, 1.165) is 37.7 Å². The summed E-state index contributed by atoms with van der Waals surface area (Å²) < 4.78 is 6.22. The molecule has 0 amide bonds. The van der Waals surface area contributed by atoms with Crippen molar-refractivity contribution in [2.75, 3.05) is 0 Å². The molecule has 1 aliphatic rings. The van der Waals surface area contributed by atoms with Gasteiger partial charge in [0.05, 0.1) is 5.41 Å². The van der Waals surface area contributed by atoms with Crippen LogP contribution in [0, 0.1) is 10.8 Å². The molecule has 0 bridgehead atoms. The molecule has 4 heteroatoms. The number of carbonyl (C=O) groups is 1. The van der Waals surface area contributed by atoms with Gasteiger partial charge >= 0.3 is 5.97 Å². The number of hydrogen-bond donors (Lipinski definition) is 2. The second-order valence-electron chi connectivity index (χ2n) is 9.78. The first-order valence-electron chi connectivity index (χ1n) is 10.2. The maximum atomic E-state index is 13.2. The van der Waals surface area contributed by atoms with E-state index in [0.29, 0.717) is 6.42 Å². The maximum absolute atomic E-state index is 13.2. The lowest BCUT2D eigenvalue weighted by Gasteiger charge is -2.43. The SMILES string of the molecule is CCC(CC(C)(C)C(=O)OC1(C(C)(C)C)CCCC1)c1ccc(O)c(O)c1. The molecule has 0 heterocycles. The lowest BCUT2D eigenvalue weighted by molar-refractivity contribution is -0.183. The fourth-order valence-electron chi connectivity index (χ4n) is 4.26. The molecule has 1 saturated carbocycles. The highest BCUT2D eigenvalue weighted by Crippen LogP contribution is 2.48. The molecule has 0 aliphatic heterocycles. The van der Waals surface area contributed by atoms with Gasteiger partial charge in [0.15, 0.2) is 11.5 Å². The minimum absolute atomic E-state index is 0.0812. The Hall–Kier alpha value is -1.71. The highest BCUT2D eigenvalue weighted by molar-refractivity contribution is 5.76. The molecule has 152 valence electrons. The van der Waals surface area contributed by atoms with Gasteiger partial charge in [0.25, 0.3) is 0 Å². The van der Waals surface area contributed by atoms with E-state index in [2.05, 4.69) is 27.7 Å². The van der Waals surface area contributed by atoms with Gasteiger partial charge in [-0.15, -0.1) is 0 Å². The average molecular weight is 377 g/mol. The maximum Gasteiger partial charge on any atom is 0.312 e. The van der Waals surface area contributed by atoms with Crippen LogP contribution in [0.3, 0.4) is 0 Å². The van der Waals surface area contributed by atoms with Gasteiger partial charge in [0, 0.05) is 5.41 Å². The van der Waals surface area contributed by atoms with Crippen molar-refractivity contribution < 1.29 is 19.7 Å². The average Bonchev–Trinajstić information content (AvgIpc) is 3.05. The Bertz CT molecular complexity index is 663. The van der Waals surface area contributed by atoms with Crippen LogP contribution in [0.4, 0.5) is 0 Å². The summed E-state index contributed by atoms with van der Waals surface area (Å²) in [4.78, 5) is 13.2. The van der Waals surface area contributed by atoms with Gasteiger partial charge < -0.3 is 14.9 Å². The number of benzene rings is 1. The molecule has 0 aromatic heterocycles. The molecule has 1 aromatic rings. The Labute approximate surface area is 163 Å². The van der Waals surface area contributed by atoms with Gasteiger partial charge in [-0.3, -0.25) is 4.79 Å². The summed E-state index contributed by atoms with van der Waals surface area (Å²) in [5.41, 5.74) is -0.156. The number of rotatable bonds is 6. The summed E-state index contributed by atoms with van der Waals surface area (Å²) in [5, 5.41) is 19.4. The molecule has 1 atom stereocenters. The Morgan fingerprint density at radius 3 is 2.19 bits per heavy atom. The molecular formula is C23H36O4. The molecule has 0 radical (unpaired) electrons. The van der Waals surface area contributed by atoms with Gasteiger partial charge in [0.2, 0.25) is 0 Å². The molecule has 0 spiro atoms. The predicted molar refractivity (Wildman–Crippen MR) is 108 cm³/mol.